The maximum atomic E-state index is 12.2. The Balaban J connectivity index is 1.29. The molecule has 1 amide bonds. The highest BCUT2D eigenvalue weighted by atomic mass is 32.2. The van der Waals surface area contributed by atoms with Crippen LogP contribution >= 0.6 is 23.1 Å². The number of aromatic nitrogens is 1. The zero-order valence-corrected chi connectivity index (χ0v) is 16.8. The third-order valence-electron chi connectivity index (χ3n) is 4.08. The second-order valence-corrected chi connectivity index (χ2v) is 7.95. The predicted molar refractivity (Wildman–Crippen MR) is 111 cm³/mol. The van der Waals surface area contributed by atoms with E-state index in [-0.39, 0.29) is 12.7 Å². The largest absolute Gasteiger partial charge is 0.497 e. The average molecular weight is 415 g/mol. The molecule has 28 heavy (non-hydrogen) atoms. The number of carbonyl (C=O) groups is 1. The van der Waals surface area contributed by atoms with Crippen LogP contribution in [0.25, 0.3) is 11.3 Å². The van der Waals surface area contributed by atoms with Gasteiger partial charge in [-0.2, -0.15) is 0 Å². The lowest BCUT2D eigenvalue weighted by molar-refractivity contribution is -0.115. The van der Waals surface area contributed by atoms with Gasteiger partial charge in [-0.25, -0.2) is 4.98 Å². The smallest absolute Gasteiger partial charge is 0.231 e. The van der Waals surface area contributed by atoms with Crippen molar-refractivity contribution < 1.29 is 19.0 Å². The van der Waals surface area contributed by atoms with Crippen molar-refractivity contribution in [1.82, 2.24) is 4.98 Å². The second-order valence-electron chi connectivity index (χ2n) is 5.93. The molecule has 2 heterocycles. The summed E-state index contributed by atoms with van der Waals surface area (Å²) >= 11 is 3.04. The summed E-state index contributed by atoms with van der Waals surface area (Å²) in [7, 11) is 1.64. The fourth-order valence-electron chi connectivity index (χ4n) is 2.63. The van der Waals surface area contributed by atoms with E-state index in [1.807, 2.05) is 47.8 Å². The predicted octanol–water partition coefficient (Wildman–Crippen LogP) is 4.67. The number of amides is 1. The lowest BCUT2D eigenvalue weighted by atomic mass is 10.1. The van der Waals surface area contributed by atoms with E-state index in [4.69, 9.17) is 14.2 Å². The SMILES string of the molecule is COc1ccc(SCCC(=O)Nc2nc(-c3ccc4c(c3)OCO4)cs2)cc1. The summed E-state index contributed by atoms with van der Waals surface area (Å²) in [5, 5.41) is 5.37. The summed E-state index contributed by atoms with van der Waals surface area (Å²) in [6, 6.07) is 13.5. The number of nitrogens with one attached hydrogen (secondary N) is 1. The third kappa shape index (κ3) is 4.40. The molecule has 3 aromatic rings. The normalized spacial score (nSPS) is 12.0. The van der Waals surface area contributed by atoms with E-state index in [0.29, 0.717) is 23.1 Å². The molecule has 1 aromatic heterocycles. The van der Waals surface area contributed by atoms with E-state index in [0.717, 1.165) is 27.7 Å². The molecule has 1 N–H and O–H groups in total. The number of methoxy groups -OCH3 is 1. The van der Waals surface area contributed by atoms with Gasteiger partial charge < -0.3 is 19.5 Å². The van der Waals surface area contributed by atoms with Crippen LogP contribution in [0.2, 0.25) is 0 Å². The zero-order chi connectivity index (χ0) is 19.3. The minimum atomic E-state index is -0.0485. The Labute approximate surface area is 170 Å². The van der Waals surface area contributed by atoms with E-state index in [1.54, 1.807) is 18.9 Å². The number of rotatable bonds is 7. The molecule has 0 saturated heterocycles. The fraction of sp³-hybridized carbons (Fsp3) is 0.200. The molecule has 0 saturated carbocycles. The lowest BCUT2D eigenvalue weighted by Crippen LogP contribution is -2.11. The van der Waals surface area contributed by atoms with Crippen LogP contribution in [0, 0.1) is 0 Å². The lowest BCUT2D eigenvalue weighted by Gasteiger charge is -2.04. The van der Waals surface area contributed by atoms with Gasteiger partial charge >= 0.3 is 0 Å². The average Bonchev–Trinajstić information content (AvgIpc) is 3.37. The third-order valence-corrected chi connectivity index (χ3v) is 5.85. The molecule has 8 heteroatoms. The molecule has 0 spiro atoms. The minimum absolute atomic E-state index is 0.0485. The van der Waals surface area contributed by atoms with E-state index in [9.17, 15) is 4.79 Å². The zero-order valence-electron chi connectivity index (χ0n) is 15.1. The summed E-state index contributed by atoms with van der Waals surface area (Å²) in [6.07, 6.45) is 0.412. The summed E-state index contributed by atoms with van der Waals surface area (Å²) in [5.74, 6) is 2.92. The first-order valence-electron chi connectivity index (χ1n) is 8.63. The topological polar surface area (TPSA) is 69.7 Å². The van der Waals surface area contributed by atoms with Gasteiger partial charge in [0, 0.05) is 28.0 Å². The highest BCUT2D eigenvalue weighted by molar-refractivity contribution is 7.99. The number of fused-ring (bicyclic) bond motifs is 1. The van der Waals surface area contributed by atoms with Gasteiger partial charge in [0.15, 0.2) is 16.6 Å². The number of nitrogens with zero attached hydrogens (tertiary/aromatic N) is 1. The molecule has 1 aliphatic rings. The number of benzene rings is 2. The van der Waals surface area contributed by atoms with Gasteiger partial charge in [0.25, 0.3) is 0 Å². The van der Waals surface area contributed by atoms with Gasteiger partial charge in [-0.1, -0.05) is 0 Å². The van der Waals surface area contributed by atoms with E-state index in [2.05, 4.69) is 10.3 Å². The standard InChI is InChI=1S/C20H18N2O4S2/c1-24-14-3-5-15(6-4-14)27-9-8-19(23)22-20-21-16(11-28-20)13-2-7-17-18(10-13)26-12-25-17/h2-7,10-11H,8-9,12H2,1H3,(H,21,22,23). The van der Waals surface area contributed by atoms with Gasteiger partial charge in [0.05, 0.1) is 12.8 Å². The maximum absolute atomic E-state index is 12.2. The number of ether oxygens (including phenoxy) is 3. The minimum Gasteiger partial charge on any atom is -0.497 e. The molecule has 1 aliphatic heterocycles. The summed E-state index contributed by atoms with van der Waals surface area (Å²) in [4.78, 5) is 17.8. The number of thiazole rings is 1. The highest BCUT2D eigenvalue weighted by Gasteiger charge is 2.15. The molecule has 144 valence electrons. The van der Waals surface area contributed by atoms with Crippen molar-refractivity contribution in [3.05, 3.63) is 47.8 Å². The van der Waals surface area contributed by atoms with Crippen LogP contribution in [0.4, 0.5) is 5.13 Å². The highest BCUT2D eigenvalue weighted by Crippen LogP contribution is 2.36. The molecule has 0 fully saturated rings. The van der Waals surface area contributed by atoms with Gasteiger partial charge in [0.1, 0.15) is 5.75 Å². The van der Waals surface area contributed by atoms with Crippen molar-refractivity contribution >= 4 is 34.1 Å². The van der Waals surface area contributed by atoms with Crippen molar-refractivity contribution in [3.63, 3.8) is 0 Å². The Kier molecular flexibility index (Phi) is 5.68. The number of hydrogen-bond acceptors (Lipinski definition) is 7. The Morgan fingerprint density at radius 3 is 2.86 bits per heavy atom. The van der Waals surface area contributed by atoms with Crippen LogP contribution < -0.4 is 19.5 Å². The summed E-state index contributed by atoms with van der Waals surface area (Å²) in [6.45, 7) is 0.242. The van der Waals surface area contributed by atoms with Gasteiger partial charge in [-0.05, 0) is 42.5 Å². The number of thioether (sulfide) groups is 1. The quantitative estimate of drug-likeness (QED) is 0.567. The molecule has 4 rings (SSSR count). The van der Waals surface area contributed by atoms with Gasteiger partial charge in [-0.3, -0.25) is 4.79 Å². The second kappa shape index (κ2) is 8.53. The Hall–Kier alpha value is -2.71. The van der Waals surface area contributed by atoms with Crippen LogP contribution in [0.1, 0.15) is 6.42 Å². The monoisotopic (exact) mass is 414 g/mol. The molecule has 0 aliphatic carbocycles. The van der Waals surface area contributed by atoms with Crippen molar-refractivity contribution in [1.29, 1.82) is 0 Å². The van der Waals surface area contributed by atoms with E-state index >= 15 is 0 Å². The molecule has 6 nitrogen and oxygen atoms in total. The van der Waals surface area contributed by atoms with E-state index in [1.165, 1.54) is 11.3 Å². The van der Waals surface area contributed by atoms with Crippen molar-refractivity contribution in [2.24, 2.45) is 0 Å². The fourth-order valence-corrected chi connectivity index (χ4v) is 4.22. The molecule has 0 bridgehead atoms. The summed E-state index contributed by atoms with van der Waals surface area (Å²) in [5.41, 5.74) is 1.72. The van der Waals surface area contributed by atoms with E-state index < -0.39 is 0 Å². The first-order chi connectivity index (χ1) is 13.7. The Bertz CT molecular complexity index is 973. The van der Waals surface area contributed by atoms with Gasteiger partial charge in [-0.15, -0.1) is 23.1 Å². The number of anilines is 1. The molecular weight excluding hydrogens is 396 g/mol. The van der Waals surface area contributed by atoms with Crippen LogP contribution in [-0.4, -0.2) is 30.5 Å². The van der Waals surface area contributed by atoms with Crippen LogP contribution in [0.3, 0.4) is 0 Å². The molecular formula is C20H18N2O4S2. The van der Waals surface area contributed by atoms with Crippen molar-refractivity contribution in [2.45, 2.75) is 11.3 Å². The summed E-state index contributed by atoms with van der Waals surface area (Å²) < 4.78 is 15.9. The van der Waals surface area contributed by atoms with Crippen LogP contribution in [0.5, 0.6) is 17.2 Å². The maximum Gasteiger partial charge on any atom is 0.231 e. The van der Waals surface area contributed by atoms with Gasteiger partial charge in [0.2, 0.25) is 12.7 Å². The first kappa shape index (κ1) is 18.6. The molecule has 0 radical (unpaired) electrons. The Morgan fingerprint density at radius 1 is 1.21 bits per heavy atom. The first-order valence-corrected chi connectivity index (χ1v) is 10.5. The number of hydrogen-bond donors (Lipinski definition) is 1. The molecule has 0 unspecified atom stereocenters. The molecule has 0 atom stereocenters. The Morgan fingerprint density at radius 2 is 2.04 bits per heavy atom. The van der Waals surface area contributed by atoms with Crippen molar-refractivity contribution in [2.75, 3.05) is 25.0 Å². The van der Waals surface area contributed by atoms with Crippen molar-refractivity contribution in [3.8, 4) is 28.5 Å². The number of carbonyl (C=O) groups excluding carboxylic acids is 1. The van der Waals surface area contributed by atoms with Crippen LogP contribution in [0.15, 0.2) is 52.7 Å². The van der Waals surface area contributed by atoms with Crippen LogP contribution in [-0.2, 0) is 4.79 Å². The molecule has 2 aromatic carbocycles.